The molecule has 5 rings (SSSR count). The van der Waals surface area contributed by atoms with Crippen LogP contribution in [-0.2, 0) is 30.7 Å². The molecule has 2 atom stereocenters. The summed E-state index contributed by atoms with van der Waals surface area (Å²) in [6.45, 7) is 1.04. The summed E-state index contributed by atoms with van der Waals surface area (Å²) >= 11 is 13.1. The van der Waals surface area contributed by atoms with E-state index in [1.54, 1.807) is 24.3 Å². The van der Waals surface area contributed by atoms with Crippen molar-refractivity contribution in [3.63, 3.8) is 0 Å². The molecular formula is C25H24Cl2FN3O2. The fourth-order valence-electron chi connectivity index (χ4n) is 4.83. The van der Waals surface area contributed by atoms with Gasteiger partial charge in [0.1, 0.15) is 18.2 Å². The van der Waals surface area contributed by atoms with Gasteiger partial charge >= 0.3 is 0 Å². The van der Waals surface area contributed by atoms with Crippen molar-refractivity contribution in [1.29, 1.82) is 0 Å². The van der Waals surface area contributed by atoms with Crippen molar-refractivity contribution >= 4 is 29.1 Å². The van der Waals surface area contributed by atoms with Crippen molar-refractivity contribution in [2.45, 2.75) is 44.8 Å². The first-order valence-electron chi connectivity index (χ1n) is 11.1. The van der Waals surface area contributed by atoms with E-state index >= 15 is 0 Å². The Labute approximate surface area is 201 Å². The van der Waals surface area contributed by atoms with Crippen LogP contribution in [0, 0.1) is 11.7 Å². The zero-order valence-corrected chi connectivity index (χ0v) is 19.5. The number of benzene rings is 2. The van der Waals surface area contributed by atoms with Crippen LogP contribution < -0.4 is 4.74 Å². The van der Waals surface area contributed by atoms with Crippen LogP contribution >= 0.6 is 23.2 Å². The van der Waals surface area contributed by atoms with E-state index in [4.69, 9.17) is 27.9 Å². The number of aromatic amines is 1. The number of nitrogens with zero attached hydrogens (tertiary/aromatic N) is 2. The normalized spacial score (nSPS) is 20.2. The van der Waals surface area contributed by atoms with Gasteiger partial charge in [-0.2, -0.15) is 5.10 Å². The van der Waals surface area contributed by atoms with Crippen molar-refractivity contribution in [3.8, 4) is 5.75 Å². The predicted molar refractivity (Wildman–Crippen MR) is 125 cm³/mol. The number of carbonyl (C=O) groups is 1. The number of hydrogen-bond acceptors (Lipinski definition) is 3. The van der Waals surface area contributed by atoms with Gasteiger partial charge in [0.25, 0.3) is 0 Å². The number of nitrogens with one attached hydrogen (secondary N) is 1. The summed E-state index contributed by atoms with van der Waals surface area (Å²) in [4.78, 5) is 15.2. The largest absolute Gasteiger partial charge is 0.489 e. The summed E-state index contributed by atoms with van der Waals surface area (Å²) in [6, 6.07) is 9.81. The molecule has 172 valence electrons. The van der Waals surface area contributed by atoms with Crippen LogP contribution in [0.15, 0.2) is 42.6 Å². The molecular weight excluding hydrogens is 464 g/mol. The zero-order chi connectivity index (χ0) is 22.9. The highest BCUT2D eigenvalue weighted by atomic mass is 35.5. The lowest BCUT2D eigenvalue weighted by atomic mass is 9.92. The average Bonchev–Trinajstić information content (AvgIpc) is 3.41. The predicted octanol–water partition coefficient (Wildman–Crippen LogP) is 5.38. The van der Waals surface area contributed by atoms with E-state index in [1.165, 1.54) is 17.7 Å². The molecule has 1 amide bonds. The highest BCUT2D eigenvalue weighted by molar-refractivity contribution is 6.36. The molecule has 0 bridgehead atoms. The lowest BCUT2D eigenvalue weighted by Crippen LogP contribution is -2.41. The average molecular weight is 488 g/mol. The van der Waals surface area contributed by atoms with E-state index in [1.807, 2.05) is 11.1 Å². The number of rotatable bonds is 6. The molecule has 8 heteroatoms. The molecule has 1 aromatic heterocycles. The molecule has 0 saturated carbocycles. The maximum Gasteiger partial charge on any atom is 0.226 e. The highest BCUT2D eigenvalue weighted by Crippen LogP contribution is 2.36. The summed E-state index contributed by atoms with van der Waals surface area (Å²) in [6.07, 6.45) is 5.94. The maximum absolute atomic E-state index is 13.2. The number of aromatic nitrogens is 2. The maximum atomic E-state index is 13.2. The smallest absolute Gasteiger partial charge is 0.226 e. The Morgan fingerprint density at radius 1 is 1.15 bits per heavy atom. The van der Waals surface area contributed by atoms with E-state index < -0.39 is 0 Å². The van der Waals surface area contributed by atoms with Crippen LogP contribution in [-0.4, -0.2) is 33.6 Å². The summed E-state index contributed by atoms with van der Waals surface area (Å²) < 4.78 is 18.8. The minimum atomic E-state index is -0.288. The quantitative estimate of drug-likeness (QED) is 0.507. The van der Waals surface area contributed by atoms with Crippen LogP contribution in [0.5, 0.6) is 5.75 Å². The molecule has 2 unspecified atom stereocenters. The Morgan fingerprint density at radius 2 is 1.91 bits per heavy atom. The second-order valence-electron chi connectivity index (χ2n) is 8.76. The van der Waals surface area contributed by atoms with E-state index in [2.05, 4.69) is 10.2 Å². The van der Waals surface area contributed by atoms with Crippen LogP contribution in [0.25, 0.3) is 0 Å². The topological polar surface area (TPSA) is 58.2 Å². The molecule has 1 aliphatic heterocycles. The molecule has 2 aromatic carbocycles. The second-order valence-corrected chi connectivity index (χ2v) is 9.57. The molecule has 1 saturated heterocycles. The van der Waals surface area contributed by atoms with Crippen LogP contribution in [0.1, 0.15) is 35.2 Å². The van der Waals surface area contributed by atoms with E-state index in [9.17, 15) is 9.18 Å². The number of likely N-dealkylation sites (tertiary alicyclic amines) is 1. The molecule has 5 nitrogen and oxygen atoms in total. The lowest BCUT2D eigenvalue weighted by molar-refractivity contribution is -0.133. The van der Waals surface area contributed by atoms with Gasteiger partial charge in [0.15, 0.2) is 0 Å². The summed E-state index contributed by atoms with van der Waals surface area (Å²) in [5.41, 5.74) is 3.95. The minimum absolute atomic E-state index is 0.128. The molecule has 1 aliphatic carbocycles. The molecule has 2 aliphatic rings. The van der Waals surface area contributed by atoms with Gasteiger partial charge in [0, 0.05) is 34.7 Å². The van der Waals surface area contributed by atoms with E-state index in [-0.39, 0.29) is 30.3 Å². The molecule has 33 heavy (non-hydrogen) atoms. The molecule has 1 fully saturated rings. The number of hydrogen-bond donors (Lipinski definition) is 1. The first-order chi connectivity index (χ1) is 16.0. The molecule has 0 radical (unpaired) electrons. The number of amides is 1. The third-order valence-corrected chi connectivity index (χ3v) is 7.33. The number of H-pyrrole nitrogens is 1. The van der Waals surface area contributed by atoms with Crippen LogP contribution in [0.3, 0.4) is 0 Å². The standard InChI is InChI=1S/C25H24Cl2FN3O2/c26-22-11-20(33-14-15-1-3-18(28)4-2-15)12-23(27)21(22)10-16-7-8-31(25(16)32)19-5-6-24-17(9-19)13-29-30-24/h1-4,11-13,16,19H,5-10,14H2,(H,29,30). The number of halogens is 3. The number of carbonyl (C=O) groups excluding carboxylic acids is 1. The van der Waals surface area contributed by atoms with Gasteiger partial charge in [0.05, 0.1) is 5.69 Å². The van der Waals surface area contributed by atoms with E-state index in [0.717, 1.165) is 49.0 Å². The van der Waals surface area contributed by atoms with Gasteiger partial charge in [-0.25, -0.2) is 4.39 Å². The summed E-state index contributed by atoms with van der Waals surface area (Å²) in [5, 5.41) is 8.20. The first kappa shape index (κ1) is 22.2. The van der Waals surface area contributed by atoms with Crippen molar-refractivity contribution < 1.29 is 13.9 Å². The Kier molecular flexibility index (Phi) is 6.30. The van der Waals surface area contributed by atoms with Gasteiger partial charge in [-0.15, -0.1) is 0 Å². The van der Waals surface area contributed by atoms with Crippen LogP contribution in [0.2, 0.25) is 10.0 Å². The van der Waals surface area contributed by atoms with E-state index in [0.29, 0.717) is 22.2 Å². The molecule has 2 heterocycles. The third kappa shape index (κ3) is 4.73. The molecule has 3 aromatic rings. The van der Waals surface area contributed by atoms with Crippen LogP contribution in [0.4, 0.5) is 4.39 Å². The van der Waals surface area contributed by atoms with Crippen molar-refractivity contribution in [2.75, 3.05) is 6.54 Å². The Hall–Kier alpha value is -2.57. The Balaban J connectivity index is 1.23. The SMILES string of the molecule is O=C1C(Cc2c(Cl)cc(OCc3ccc(F)cc3)cc2Cl)CCN1C1CCc2n[nH]cc2C1. The van der Waals surface area contributed by atoms with Gasteiger partial charge in [-0.3, -0.25) is 9.89 Å². The molecule has 1 N–H and O–H groups in total. The highest BCUT2D eigenvalue weighted by Gasteiger charge is 2.38. The van der Waals surface area contributed by atoms with Crippen molar-refractivity contribution in [1.82, 2.24) is 15.1 Å². The van der Waals surface area contributed by atoms with Gasteiger partial charge in [-0.05, 0) is 73.1 Å². The van der Waals surface area contributed by atoms with Crippen molar-refractivity contribution in [2.24, 2.45) is 5.92 Å². The molecule has 0 spiro atoms. The number of ether oxygens (including phenoxy) is 1. The Bertz CT molecular complexity index is 1140. The number of aryl methyl sites for hydroxylation is 1. The van der Waals surface area contributed by atoms with Crippen molar-refractivity contribution in [3.05, 3.63) is 80.8 Å². The summed E-state index contributed by atoms with van der Waals surface area (Å²) in [7, 11) is 0. The van der Waals surface area contributed by atoms with Gasteiger partial charge in [0.2, 0.25) is 5.91 Å². The second kappa shape index (κ2) is 9.35. The first-order valence-corrected chi connectivity index (χ1v) is 11.9. The summed E-state index contributed by atoms with van der Waals surface area (Å²) in [5.74, 6) is 0.298. The zero-order valence-electron chi connectivity index (χ0n) is 18.0. The fraction of sp³-hybridized carbons (Fsp3) is 0.360. The number of fused-ring (bicyclic) bond motifs is 1. The van der Waals surface area contributed by atoms with Gasteiger partial charge < -0.3 is 9.64 Å². The fourth-order valence-corrected chi connectivity index (χ4v) is 5.45. The van der Waals surface area contributed by atoms with Gasteiger partial charge in [-0.1, -0.05) is 35.3 Å². The monoisotopic (exact) mass is 487 g/mol. The Morgan fingerprint density at radius 3 is 2.67 bits per heavy atom. The minimum Gasteiger partial charge on any atom is -0.489 e. The third-order valence-electron chi connectivity index (χ3n) is 6.65. The lowest BCUT2D eigenvalue weighted by Gasteiger charge is -2.31.